The zero-order chi connectivity index (χ0) is 12.7. The fourth-order valence-electron chi connectivity index (χ4n) is 1.61. The van der Waals surface area contributed by atoms with E-state index in [9.17, 15) is 4.79 Å². The molecule has 0 N–H and O–H groups in total. The Kier molecular flexibility index (Phi) is 6.82. The van der Waals surface area contributed by atoms with Gasteiger partial charge in [-0.15, -0.1) is 0 Å². The predicted octanol–water partition coefficient (Wildman–Crippen LogP) is 4.13. The summed E-state index contributed by atoms with van der Waals surface area (Å²) in [6.45, 7) is 0. The van der Waals surface area contributed by atoms with E-state index in [1.165, 1.54) is 0 Å². The van der Waals surface area contributed by atoms with Crippen molar-refractivity contribution in [2.75, 3.05) is 12.4 Å². The molecule has 0 spiro atoms. The monoisotopic (exact) mass is 362 g/mol. The summed E-state index contributed by atoms with van der Waals surface area (Å²) in [6, 6.07) is 5.87. The highest BCUT2D eigenvalue weighted by atomic mass is 79.9. The summed E-state index contributed by atoms with van der Waals surface area (Å²) in [4.78, 5) is 11.6. The van der Waals surface area contributed by atoms with E-state index in [0.29, 0.717) is 18.6 Å². The standard InChI is InChI=1S/C13H16Br2O2/c1-17-13-7-5-11(15)9-10(13)4-6-12(16)3-2-8-14/h5,7,9H,2-4,6,8H2,1H3. The van der Waals surface area contributed by atoms with Gasteiger partial charge < -0.3 is 4.74 Å². The van der Waals surface area contributed by atoms with Gasteiger partial charge in [0.15, 0.2) is 0 Å². The second kappa shape index (κ2) is 7.88. The summed E-state index contributed by atoms with van der Waals surface area (Å²) >= 11 is 6.76. The van der Waals surface area contributed by atoms with Crippen LogP contribution in [0.25, 0.3) is 0 Å². The van der Waals surface area contributed by atoms with Crippen LogP contribution in [0.4, 0.5) is 0 Å². The van der Waals surface area contributed by atoms with Crippen molar-refractivity contribution in [2.45, 2.75) is 25.7 Å². The van der Waals surface area contributed by atoms with Crippen LogP contribution in [0.15, 0.2) is 22.7 Å². The lowest BCUT2D eigenvalue weighted by Gasteiger charge is -2.08. The van der Waals surface area contributed by atoms with E-state index >= 15 is 0 Å². The summed E-state index contributed by atoms with van der Waals surface area (Å²) in [5, 5.41) is 0.888. The van der Waals surface area contributed by atoms with Gasteiger partial charge in [-0.1, -0.05) is 31.9 Å². The molecule has 4 heteroatoms. The molecule has 1 rings (SSSR count). The number of carbonyl (C=O) groups is 1. The molecule has 94 valence electrons. The number of rotatable bonds is 7. The van der Waals surface area contributed by atoms with Gasteiger partial charge >= 0.3 is 0 Å². The SMILES string of the molecule is COc1ccc(Br)cc1CCC(=O)CCCBr. The van der Waals surface area contributed by atoms with Gasteiger partial charge in [-0.25, -0.2) is 0 Å². The van der Waals surface area contributed by atoms with Crippen molar-refractivity contribution < 1.29 is 9.53 Å². The number of benzene rings is 1. The maximum absolute atomic E-state index is 11.6. The second-order valence-corrected chi connectivity index (χ2v) is 5.50. The van der Waals surface area contributed by atoms with Crippen LogP contribution in [0.5, 0.6) is 5.75 Å². The number of methoxy groups -OCH3 is 1. The summed E-state index contributed by atoms with van der Waals surface area (Å²) < 4.78 is 6.29. The number of hydrogen-bond donors (Lipinski definition) is 0. The maximum Gasteiger partial charge on any atom is 0.133 e. The van der Waals surface area contributed by atoms with E-state index in [1.807, 2.05) is 18.2 Å². The van der Waals surface area contributed by atoms with E-state index < -0.39 is 0 Å². The Morgan fingerprint density at radius 1 is 1.35 bits per heavy atom. The summed E-state index contributed by atoms with van der Waals surface area (Å²) in [6.07, 6.45) is 2.89. The average Bonchev–Trinajstić information content (AvgIpc) is 2.34. The van der Waals surface area contributed by atoms with Crippen LogP contribution >= 0.6 is 31.9 Å². The van der Waals surface area contributed by atoms with Gasteiger partial charge in [-0.3, -0.25) is 4.79 Å². The van der Waals surface area contributed by atoms with Crippen LogP contribution in [0.3, 0.4) is 0 Å². The fourth-order valence-corrected chi connectivity index (χ4v) is 2.29. The van der Waals surface area contributed by atoms with Gasteiger partial charge in [0, 0.05) is 22.6 Å². The van der Waals surface area contributed by atoms with E-state index in [2.05, 4.69) is 31.9 Å². The van der Waals surface area contributed by atoms with Crippen molar-refractivity contribution in [3.8, 4) is 5.75 Å². The Morgan fingerprint density at radius 3 is 2.76 bits per heavy atom. The van der Waals surface area contributed by atoms with Crippen molar-refractivity contribution in [3.63, 3.8) is 0 Å². The number of halogens is 2. The van der Waals surface area contributed by atoms with Gasteiger partial charge in [-0.05, 0) is 36.6 Å². The Morgan fingerprint density at radius 2 is 2.12 bits per heavy atom. The molecule has 0 atom stereocenters. The quantitative estimate of drug-likeness (QED) is 0.680. The van der Waals surface area contributed by atoms with E-state index in [4.69, 9.17) is 4.74 Å². The highest BCUT2D eigenvalue weighted by Crippen LogP contribution is 2.24. The van der Waals surface area contributed by atoms with Crippen LogP contribution in [0.2, 0.25) is 0 Å². The molecular weight excluding hydrogens is 348 g/mol. The second-order valence-electron chi connectivity index (χ2n) is 3.79. The number of aryl methyl sites for hydroxylation is 1. The first-order valence-electron chi connectivity index (χ1n) is 5.57. The summed E-state index contributed by atoms with van der Waals surface area (Å²) in [7, 11) is 1.65. The topological polar surface area (TPSA) is 26.3 Å². The Balaban J connectivity index is 2.56. The third-order valence-corrected chi connectivity index (χ3v) is 3.56. The van der Waals surface area contributed by atoms with Gasteiger partial charge in [0.2, 0.25) is 0 Å². The minimum Gasteiger partial charge on any atom is -0.496 e. The van der Waals surface area contributed by atoms with Crippen LogP contribution in [0.1, 0.15) is 24.8 Å². The van der Waals surface area contributed by atoms with Crippen molar-refractivity contribution in [1.82, 2.24) is 0 Å². The lowest BCUT2D eigenvalue weighted by atomic mass is 10.0. The number of ketones is 1. The molecule has 0 amide bonds. The zero-order valence-electron chi connectivity index (χ0n) is 9.84. The summed E-state index contributed by atoms with van der Waals surface area (Å²) in [5.41, 5.74) is 1.08. The molecule has 0 heterocycles. The van der Waals surface area contributed by atoms with Crippen molar-refractivity contribution >= 4 is 37.6 Å². The molecule has 0 unspecified atom stereocenters. The Bertz CT molecular complexity index is 378. The van der Waals surface area contributed by atoms with Crippen molar-refractivity contribution in [2.24, 2.45) is 0 Å². The van der Waals surface area contributed by atoms with Gasteiger partial charge in [0.25, 0.3) is 0 Å². The number of carbonyl (C=O) groups excluding carboxylic acids is 1. The molecule has 2 nitrogen and oxygen atoms in total. The molecule has 0 saturated carbocycles. The first kappa shape index (κ1) is 14.7. The van der Waals surface area contributed by atoms with Gasteiger partial charge in [0.05, 0.1) is 7.11 Å². The molecule has 0 bridgehead atoms. The normalized spacial score (nSPS) is 10.3. The highest BCUT2D eigenvalue weighted by molar-refractivity contribution is 9.10. The van der Waals surface area contributed by atoms with Crippen LogP contribution in [-0.2, 0) is 11.2 Å². The fraction of sp³-hybridized carbons (Fsp3) is 0.462. The number of alkyl halides is 1. The molecule has 0 aliphatic heterocycles. The maximum atomic E-state index is 11.6. The van der Waals surface area contributed by atoms with E-state index in [0.717, 1.165) is 34.0 Å². The Hall–Kier alpha value is -0.350. The predicted molar refractivity (Wildman–Crippen MR) is 77.1 cm³/mol. The lowest BCUT2D eigenvalue weighted by Crippen LogP contribution is -2.01. The molecule has 0 aromatic heterocycles. The zero-order valence-corrected chi connectivity index (χ0v) is 13.0. The minimum absolute atomic E-state index is 0.312. The molecule has 0 fully saturated rings. The molecule has 0 radical (unpaired) electrons. The van der Waals surface area contributed by atoms with E-state index in [1.54, 1.807) is 7.11 Å². The van der Waals surface area contributed by atoms with Gasteiger partial charge in [-0.2, -0.15) is 0 Å². The third kappa shape index (κ3) is 5.21. The lowest BCUT2D eigenvalue weighted by molar-refractivity contribution is -0.119. The molecule has 0 saturated heterocycles. The first-order chi connectivity index (χ1) is 8.17. The molecule has 17 heavy (non-hydrogen) atoms. The van der Waals surface area contributed by atoms with Crippen molar-refractivity contribution in [3.05, 3.63) is 28.2 Å². The largest absolute Gasteiger partial charge is 0.496 e. The van der Waals surface area contributed by atoms with Crippen LogP contribution < -0.4 is 4.74 Å². The molecular formula is C13H16Br2O2. The van der Waals surface area contributed by atoms with Crippen LogP contribution in [0, 0.1) is 0 Å². The molecule has 1 aromatic carbocycles. The van der Waals surface area contributed by atoms with Gasteiger partial charge in [0.1, 0.15) is 11.5 Å². The molecule has 1 aromatic rings. The molecule has 0 aliphatic carbocycles. The van der Waals surface area contributed by atoms with Crippen molar-refractivity contribution in [1.29, 1.82) is 0 Å². The first-order valence-corrected chi connectivity index (χ1v) is 7.49. The van der Waals surface area contributed by atoms with Crippen LogP contribution in [-0.4, -0.2) is 18.2 Å². The number of Topliss-reactive ketones (excluding diaryl/α,β-unsaturated/α-hetero) is 1. The number of hydrogen-bond acceptors (Lipinski definition) is 2. The minimum atomic E-state index is 0.312. The average molecular weight is 364 g/mol. The Labute approximate surface area is 119 Å². The van der Waals surface area contributed by atoms with E-state index in [-0.39, 0.29) is 0 Å². The smallest absolute Gasteiger partial charge is 0.133 e. The molecule has 0 aliphatic rings. The highest BCUT2D eigenvalue weighted by Gasteiger charge is 2.07. The third-order valence-electron chi connectivity index (χ3n) is 2.50. The number of ether oxygens (including phenoxy) is 1. The summed E-state index contributed by atoms with van der Waals surface area (Å²) in [5.74, 6) is 1.16.